The van der Waals surface area contributed by atoms with Gasteiger partial charge in [0.25, 0.3) is 0 Å². The summed E-state index contributed by atoms with van der Waals surface area (Å²) in [5.74, 6) is 0. The normalized spacial score (nSPS) is 10.6. The number of aryl methyl sites for hydroxylation is 1. The summed E-state index contributed by atoms with van der Waals surface area (Å²) in [4.78, 5) is 0. The van der Waals surface area contributed by atoms with Gasteiger partial charge in [0.2, 0.25) is 0 Å². The number of nitrogens with zero attached hydrogens (tertiary/aromatic N) is 1. The van der Waals surface area contributed by atoms with E-state index in [9.17, 15) is 0 Å². The standard InChI is InChI=1S/C14H12N2O/c1-10-13(12-7-8-17-9-12)14(16-15-10)11-5-3-2-4-6-11/h2-9H,1H3,(H,15,16). The predicted molar refractivity (Wildman–Crippen MR) is 66.5 cm³/mol. The monoisotopic (exact) mass is 224 g/mol. The Morgan fingerprint density at radius 2 is 1.88 bits per heavy atom. The van der Waals surface area contributed by atoms with Crippen molar-refractivity contribution >= 4 is 0 Å². The highest BCUT2D eigenvalue weighted by atomic mass is 16.3. The number of aromatic nitrogens is 2. The molecule has 17 heavy (non-hydrogen) atoms. The predicted octanol–water partition coefficient (Wildman–Crippen LogP) is 3.65. The van der Waals surface area contributed by atoms with Gasteiger partial charge in [-0.25, -0.2) is 0 Å². The lowest BCUT2D eigenvalue weighted by molar-refractivity contribution is 0.568. The maximum Gasteiger partial charge on any atom is 0.0982 e. The molecule has 0 saturated carbocycles. The van der Waals surface area contributed by atoms with Crippen LogP contribution in [0.4, 0.5) is 0 Å². The van der Waals surface area contributed by atoms with Crippen LogP contribution in [0.2, 0.25) is 0 Å². The van der Waals surface area contributed by atoms with Gasteiger partial charge in [0.1, 0.15) is 0 Å². The molecule has 3 heteroatoms. The van der Waals surface area contributed by atoms with Crippen LogP contribution in [0.15, 0.2) is 53.3 Å². The average molecular weight is 224 g/mol. The van der Waals surface area contributed by atoms with Gasteiger partial charge in [-0.05, 0) is 13.0 Å². The lowest BCUT2D eigenvalue weighted by atomic mass is 10.0. The average Bonchev–Trinajstić information content (AvgIpc) is 2.99. The van der Waals surface area contributed by atoms with Crippen LogP contribution in [-0.4, -0.2) is 10.2 Å². The molecular formula is C14H12N2O. The van der Waals surface area contributed by atoms with Crippen molar-refractivity contribution in [2.45, 2.75) is 6.92 Å². The molecule has 2 aromatic heterocycles. The van der Waals surface area contributed by atoms with Crippen LogP contribution in [0.5, 0.6) is 0 Å². The van der Waals surface area contributed by atoms with Crippen molar-refractivity contribution in [2.24, 2.45) is 0 Å². The van der Waals surface area contributed by atoms with Gasteiger partial charge in [0.15, 0.2) is 0 Å². The van der Waals surface area contributed by atoms with Crippen molar-refractivity contribution in [1.82, 2.24) is 10.2 Å². The number of nitrogens with one attached hydrogen (secondary N) is 1. The summed E-state index contributed by atoms with van der Waals surface area (Å²) in [5.41, 5.74) is 5.29. The molecule has 0 aliphatic rings. The molecule has 0 aliphatic carbocycles. The molecule has 0 amide bonds. The van der Waals surface area contributed by atoms with Crippen LogP contribution in [0, 0.1) is 6.92 Å². The summed E-state index contributed by atoms with van der Waals surface area (Å²) >= 11 is 0. The summed E-state index contributed by atoms with van der Waals surface area (Å²) in [7, 11) is 0. The number of hydrogen-bond acceptors (Lipinski definition) is 2. The third-order valence-corrected chi connectivity index (χ3v) is 2.82. The van der Waals surface area contributed by atoms with E-state index < -0.39 is 0 Å². The van der Waals surface area contributed by atoms with Crippen LogP contribution in [0.25, 0.3) is 22.4 Å². The topological polar surface area (TPSA) is 41.8 Å². The van der Waals surface area contributed by atoms with E-state index in [-0.39, 0.29) is 0 Å². The Bertz CT molecular complexity index is 609. The number of benzene rings is 1. The molecule has 0 fully saturated rings. The Hall–Kier alpha value is -2.29. The van der Waals surface area contributed by atoms with Crippen LogP contribution in [0.1, 0.15) is 5.69 Å². The van der Waals surface area contributed by atoms with E-state index >= 15 is 0 Å². The van der Waals surface area contributed by atoms with Gasteiger partial charge >= 0.3 is 0 Å². The molecule has 1 aromatic carbocycles. The minimum Gasteiger partial charge on any atom is -0.472 e. The number of H-pyrrole nitrogens is 1. The van der Waals surface area contributed by atoms with Gasteiger partial charge in [0, 0.05) is 16.7 Å². The lowest BCUT2D eigenvalue weighted by Crippen LogP contribution is -1.81. The van der Waals surface area contributed by atoms with Crippen molar-refractivity contribution in [1.29, 1.82) is 0 Å². The second-order valence-electron chi connectivity index (χ2n) is 3.94. The quantitative estimate of drug-likeness (QED) is 0.722. The first-order valence-electron chi connectivity index (χ1n) is 5.49. The van der Waals surface area contributed by atoms with Crippen LogP contribution in [-0.2, 0) is 0 Å². The molecule has 3 aromatic rings. The zero-order chi connectivity index (χ0) is 11.7. The second kappa shape index (κ2) is 3.94. The first kappa shape index (κ1) is 9.90. The first-order valence-corrected chi connectivity index (χ1v) is 5.49. The molecule has 2 heterocycles. The molecule has 0 spiro atoms. The zero-order valence-corrected chi connectivity index (χ0v) is 9.47. The largest absolute Gasteiger partial charge is 0.472 e. The van der Waals surface area contributed by atoms with Crippen molar-refractivity contribution in [3.63, 3.8) is 0 Å². The van der Waals surface area contributed by atoms with Crippen molar-refractivity contribution in [3.8, 4) is 22.4 Å². The van der Waals surface area contributed by atoms with Gasteiger partial charge in [-0.2, -0.15) is 5.10 Å². The molecular weight excluding hydrogens is 212 g/mol. The minimum absolute atomic E-state index is 0.977. The van der Waals surface area contributed by atoms with Crippen molar-refractivity contribution < 1.29 is 4.42 Å². The third kappa shape index (κ3) is 1.65. The van der Waals surface area contributed by atoms with E-state index in [4.69, 9.17) is 4.42 Å². The molecule has 84 valence electrons. The third-order valence-electron chi connectivity index (χ3n) is 2.82. The summed E-state index contributed by atoms with van der Waals surface area (Å²) in [6, 6.07) is 12.1. The van der Waals surface area contributed by atoms with Gasteiger partial charge < -0.3 is 4.42 Å². The van der Waals surface area contributed by atoms with E-state index in [1.54, 1.807) is 12.5 Å². The van der Waals surface area contributed by atoms with Crippen molar-refractivity contribution in [3.05, 3.63) is 54.6 Å². The van der Waals surface area contributed by atoms with Crippen LogP contribution >= 0.6 is 0 Å². The van der Waals surface area contributed by atoms with E-state index in [1.165, 1.54) is 0 Å². The number of furan rings is 1. The Kier molecular flexibility index (Phi) is 2.29. The SMILES string of the molecule is Cc1n[nH]c(-c2ccccc2)c1-c1ccoc1. The fraction of sp³-hybridized carbons (Fsp3) is 0.0714. The van der Waals surface area contributed by atoms with Gasteiger partial charge in [-0.3, -0.25) is 5.10 Å². The van der Waals surface area contributed by atoms with Crippen LogP contribution in [0.3, 0.4) is 0 Å². The van der Waals surface area contributed by atoms with Crippen molar-refractivity contribution in [2.75, 3.05) is 0 Å². The lowest BCUT2D eigenvalue weighted by Gasteiger charge is -2.01. The highest BCUT2D eigenvalue weighted by Gasteiger charge is 2.14. The molecule has 3 rings (SSSR count). The molecule has 0 unspecified atom stereocenters. The summed E-state index contributed by atoms with van der Waals surface area (Å²) < 4.78 is 5.14. The fourth-order valence-electron chi connectivity index (χ4n) is 2.01. The minimum atomic E-state index is 0.977. The molecule has 0 bridgehead atoms. The Labute approximate surface area is 99.1 Å². The zero-order valence-electron chi connectivity index (χ0n) is 9.47. The maximum atomic E-state index is 5.14. The second-order valence-corrected chi connectivity index (χ2v) is 3.94. The number of hydrogen-bond donors (Lipinski definition) is 1. The molecule has 1 N–H and O–H groups in total. The van der Waals surface area contributed by atoms with Crippen LogP contribution < -0.4 is 0 Å². The Morgan fingerprint density at radius 1 is 1.06 bits per heavy atom. The smallest absolute Gasteiger partial charge is 0.0982 e. The molecule has 3 nitrogen and oxygen atoms in total. The highest BCUT2D eigenvalue weighted by molar-refractivity contribution is 5.81. The molecule has 0 aliphatic heterocycles. The maximum absolute atomic E-state index is 5.14. The molecule has 0 radical (unpaired) electrons. The van der Waals surface area contributed by atoms with E-state index in [0.717, 1.165) is 28.1 Å². The summed E-state index contributed by atoms with van der Waals surface area (Å²) in [5, 5.41) is 7.37. The van der Waals surface area contributed by atoms with Gasteiger partial charge in [-0.1, -0.05) is 30.3 Å². The van der Waals surface area contributed by atoms with Gasteiger partial charge in [0.05, 0.1) is 23.9 Å². The number of rotatable bonds is 2. The van der Waals surface area contributed by atoms with E-state index in [1.807, 2.05) is 31.2 Å². The Balaban J connectivity index is 2.20. The molecule has 0 atom stereocenters. The summed E-state index contributed by atoms with van der Waals surface area (Å²) in [6.45, 7) is 1.99. The van der Waals surface area contributed by atoms with E-state index in [2.05, 4.69) is 22.3 Å². The van der Waals surface area contributed by atoms with E-state index in [0.29, 0.717) is 0 Å². The first-order chi connectivity index (χ1) is 8.36. The fourth-order valence-corrected chi connectivity index (χ4v) is 2.01. The molecule has 0 saturated heterocycles. The summed E-state index contributed by atoms with van der Waals surface area (Å²) in [6.07, 6.45) is 3.42. The Morgan fingerprint density at radius 3 is 2.59 bits per heavy atom. The number of aromatic amines is 1. The highest BCUT2D eigenvalue weighted by Crippen LogP contribution is 2.32. The van der Waals surface area contributed by atoms with Gasteiger partial charge in [-0.15, -0.1) is 0 Å².